The van der Waals surface area contributed by atoms with Crippen LogP contribution in [0.2, 0.25) is 0 Å². The molecule has 2 rings (SSSR count). The average Bonchev–Trinajstić information content (AvgIpc) is 2.46. The molecule has 0 aliphatic carbocycles. The Morgan fingerprint density at radius 1 is 1.32 bits per heavy atom. The van der Waals surface area contributed by atoms with Crippen molar-refractivity contribution in [1.29, 1.82) is 0 Å². The van der Waals surface area contributed by atoms with Crippen molar-refractivity contribution in [2.45, 2.75) is 25.3 Å². The van der Waals surface area contributed by atoms with Crippen LogP contribution < -0.4 is 5.73 Å². The topological polar surface area (TPSA) is 55.6 Å². The highest BCUT2D eigenvalue weighted by Gasteiger charge is 2.17. The molecular weight excluding hydrogens is 240 g/mol. The second kappa shape index (κ2) is 6.68. The van der Waals surface area contributed by atoms with Crippen LogP contribution in [0.25, 0.3) is 0 Å². The molecule has 4 heteroatoms. The summed E-state index contributed by atoms with van der Waals surface area (Å²) in [5, 5.41) is 0. The van der Waals surface area contributed by atoms with Crippen LogP contribution in [0.15, 0.2) is 24.3 Å². The molecule has 0 spiro atoms. The number of carbonyl (C=O) groups excluding carboxylic acids is 1. The molecule has 0 atom stereocenters. The Morgan fingerprint density at radius 2 is 1.95 bits per heavy atom. The molecule has 1 aliphatic heterocycles. The number of likely N-dealkylation sites (N-methyl/N-ethyl adjacent to an activating group) is 1. The average molecular weight is 262 g/mol. The van der Waals surface area contributed by atoms with Crippen LogP contribution in [-0.2, 0) is 11.2 Å². The van der Waals surface area contributed by atoms with E-state index in [9.17, 15) is 4.79 Å². The zero-order valence-corrected chi connectivity index (χ0v) is 11.5. The SMILES string of the molecule is CN(CCc1ccc(C(N)=O)cc1)C1CCOCC1. The summed E-state index contributed by atoms with van der Waals surface area (Å²) in [4.78, 5) is 13.4. The first-order valence-corrected chi connectivity index (χ1v) is 6.83. The fraction of sp³-hybridized carbons (Fsp3) is 0.533. The van der Waals surface area contributed by atoms with Crippen LogP contribution in [-0.4, -0.2) is 43.7 Å². The first-order chi connectivity index (χ1) is 9.16. The van der Waals surface area contributed by atoms with Gasteiger partial charge in [-0.3, -0.25) is 4.79 Å². The van der Waals surface area contributed by atoms with E-state index in [1.807, 2.05) is 12.1 Å². The van der Waals surface area contributed by atoms with Crippen LogP contribution in [0.5, 0.6) is 0 Å². The summed E-state index contributed by atoms with van der Waals surface area (Å²) >= 11 is 0. The van der Waals surface area contributed by atoms with Crippen molar-refractivity contribution in [3.8, 4) is 0 Å². The maximum Gasteiger partial charge on any atom is 0.248 e. The predicted molar refractivity (Wildman–Crippen MR) is 75.1 cm³/mol. The molecule has 0 unspecified atom stereocenters. The summed E-state index contributed by atoms with van der Waals surface area (Å²) in [5.74, 6) is -0.370. The molecule has 1 saturated heterocycles. The molecular formula is C15H22N2O2. The summed E-state index contributed by atoms with van der Waals surface area (Å²) in [7, 11) is 2.17. The van der Waals surface area contributed by atoms with Gasteiger partial charge < -0.3 is 15.4 Å². The first-order valence-electron chi connectivity index (χ1n) is 6.83. The molecule has 1 heterocycles. The van der Waals surface area contributed by atoms with E-state index < -0.39 is 0 Å². The molecule has 19 heavy (non-hydrogen) atoms. The van der Waals surface area contributed by atoms with Gasteiger partial charge >= 0.3 is 0 Å². The number of hydrogen-bond acceptors (Lipinski definition) is 3. The molecule has 2 N–H and O–H groups in total. The van der Waals surface area contributed by atoms with Crippen molar-refractivity contribution in [1.82, 2.24) is 4.90 Å². The minimum Gasteiger partial charge on any atom is -0.381 e. The molecule has 1 aromatic carbocycles. The van der Waals surface area contributed by atoms with Crippen molar-refractivity contribution in [2.75, 3.05) is 26.8 Å². The number of nitrogens with two attached hydrogens (primary N) is 1. The van der Waals surface area contributed by atoms with Gasteiger partial charge in [0.15, 0.2) is 0 Å². The molecule has 0 saturated carbocycles. The quantitative estimate of drug-likeness (QED) is 0.873. The van der Waals surface area contributed by atoms with E-state index in [0.29, 0.717) is 11.6 Å². The van der Waals surface area contributed by atoms with Gasteiger partial charge in [0.1, 0.15) is 0 Å². The third-order valence-electron chi connectivity index (χ3n) is 3.81. The third-order valence-corrected chi connectivity index (χ3v) is 3.81. The number of benzene rings is 1. The summed E-state index contributed by atoms with van der Waals surface area (Å²) in [5.41, 5.74) is 7.04. The minimum atomic E-state index is -0.370. The molecule has 1 fully saturated rings. The molecule has 1 aliphatic rings. The number of carbonyl (C=O) groups is 1. The summed E-state index contributed by atoms with van der Waals surface area (Å²) < 4.78 is 5.38. The van der Waals surface area contributed by atoms with Gasteiger partial charge in [0.25, 0.3) is 0 Å². The van der Waals surface area contributed by atoms with Crippen LogP contribution in [0.3, 0.4) is 0 Å². The fourth-order valence-electron chi connectivity index (χ4n) is 2.45. The Labute approximate surface area is 114 Å². The summed E-state index contributed by atoms with van der Waals surface area (Å²) in [6, 6.07) is 8.20. The standard InChI is InChI=1S/C15H22N2O2/c1-17(14-7-10-19-11-8-14)9-6-12-2-4-13(5-3-12)15(16)18/h2-5,14H,6-11H2,1H3,(H2,16,18). The van der Waals surface area contributed by atoms with E-state index in [4.69, 9.17) is 10.5 Å². The molecule has 104 valence electrons. The van der Waals surface area contributed by atoms with Crippen LogP contribution in [0, 0.1) is 0 Å². The number of rotatable bonds is 5. The van der Waals surface area contributed by atoms with E-state index in [2.05, 4.69) is 11.9 Å². The van der Waals surface area contributed by atoms with E-state index in [-0.39, 0.29) is 5.91 Å². The first kappa shape index (κ1) is 14.0. The zero-order valence-electron chi connectivity index (χ0n) is 11.5. The monoisotopic (exact) mass is 262 g/mol. The second-order valence-corrected chi connectivity index (χ2v) is 5.14. The van der Waals surface area contributed by atoms with Gasteiger partial charge in [0, 0.05) is 31.4 Å². The van der Waals surface area contributed by atoms with Gasteiger partial charge in [0.2, 0.25) is 5.91 Å². The van der Waals surface area contributed by atoms with E-state index in [1.54, 1.807) is 12.1 Å². The van der Waals surface area contributed by atoms with Crippen LogP contribution >= 0.6 is 0 Å². The van der Waals surface area contributed by atoms with Crippen molar-refractivity contribution in [2.24, 2.45) is 5.73 Å². The maximum atomic E-state index is 11.0. The van der Waals surface area contributed by atoms with E-state index in [1.165, 1.54) is 5.56 Å². The Morgan fingerprint density at radius 3 is 2.53 bits per heavy atom. The van der Waals surface area contributed by atoms with Crippen LogP contribution in [0.1, 0.15) is 28.8 Å². The van der Waals surface area contributed by atoms with E-state index in [0.717, 1.165) is 39.0 Å². The highest BCUT2D eigenvalue weighted by atomic mass is 16.5. The lowest BCUT2D eigenvalue weighted by Gasteiger charge is -2.31. The normalized spacial score (nSPS) is 16.7. The molecule has 0 radical (unpaired) electrons. The van der Waals surface area contributed by atoms with Crippen molar-refractivity contribution in [3.05, 3.63) is 35.4 Å². The summed E-state index contributed by atoms with van der Waals surface area (Å²) in [6.07, 6.45) is 3.24. The predicted octanol–water partition coefficient (Wildman–Crippen LogP) is 1.44. The zero-order chi connectivity index (χ0) is 13.7. The Balaban J connectivity index is 1.82. The number of primary amides is 1. The lowest BCUT2D eigenvalue weighted by Crippen LogP contribution is -2.37. The number of hydrogen-bond donors (Lipinski definition) is 1. The smallest absolute Gasteiger partial charge is 0.248 e. The molecule has 1 aromatic rings. The lowest BCUT2D eigenvalue weighted by atomic mass is 10.1. The lowest BCUT2D eigenvalue weighted by molar-refractivity contribution is 0.0434. The highest BCUT2D eigenvalue weighted by molar-refractivity contribution is 5.92. The molecule has 4 nitrogen and oxygen atoms in total. The molecule has 0 bridgehead atoms. The summed E-state index contributed by atoms with van der Waals surface area (Å²) in [6.45, 7) is 2.78. The van der Waals surface area contributed by atoms with E-state index >= 15 is 0 Å². The Kier molecular flexibility index (Phi) is 4.93. The van der Waals surface area contributed by atoms with Gasteiger partial charge in [-0.1, -0.05) is 12.1 Å². The largest absolute Gasteiger partial charge is 0.381 e. The van der Waals surface area contributed by atoms with Crippen molar-refractivity contribution >= 4 is 5.91 Å². The maximum absolute atomic E-state index is 11.0. The van der Waals surface area contributed by atoms with Gasteiger partial charge in [0.05, 0.1) is 0 Å². The third kappa shape index (κ3) is 4.04. The minimum absolute atomic E-state index is 0.370. The van der Waals surface area contributed by atoms with Gasteiger partial charge in [-0.25, -0.2) is 0 Å². The highest BCUT2D eigenvalue weighted by Crippen LogP contribution is 2.13. The Bertz CT molecular complexity index is 411. The van der Waals surface area contributed by atoms with Gasteiger partial charge in [-0.2, -0.15) is 0 Å². The number of ether oxygens (including phenoxy) is 1. The van der Waals surface area contributed by atoms with Crippen molar-refractivity contribution < 1.29 is 9.53 Å². The van der Waals surface area contributed by atoms with Crippen LogP contribution in [0.4, 0.5) is 0 Å². The Hall–Kier alpha value is -1.39. The fourth-order valence-corrected chi connectivity index (χ4v) is 2.45. The second-order valence-electron chi connectivity index (χ2n) is 5.14. The molecule has 0 aromatic heterocycles. The molecule has 1 amide bonds. The van der Waals surface area contributed by atoms with Crippen molar-refractivity contribution in [3.63, 3.8) is 0 Å². The van der Waals surface area contributed by atoms with Gasteiger partial charge in [-0.15, -0.1) is 0 Å². The number of nitrogens with zero attached hydrogens (tertiary/aromatic N) is 1. The number of amides is 1. The van der Waals surface area contributed by atoms with Gasteiger partial charge in [-0.05, 0) is 44.0 Å².